The number of hydrogen-bond donors (Lipinski definition) is 1. The van der Waals surface area contributed by atoms with Crippen LogP contribution in [0.1, 0.15) is 120 Å². The lowest BCUT2D eigenvalue weighted by molar-refractivity contribution is -0.545. The molecule has 2 aromatic carbocycles. The van der Waals surface area contributed by atoms with Gasteiger partial charge in [0.25, 0.3) is 0 Å². The molecule has 5 heteroatoms. The van der Waals surface area contributed by atoms with E-state index in [1.165, 1.54) is 106 Å². The maximum atomic E-state index is 5.93. The van der Waals surface area contributed by atoms with Crippen LogP contribution in [0.25, 0.3) is 0 Å². The van der Waals surface area contributed by atoms with E-state index in [1.54, 1.807) is 21.3 Å². The summed E-state index contributed by atoms with van der Waals surface area (Å²) in [6.45, 7) is 7.39. The van der Waals surface area contributed by atoms with Gasteiger partial charge in [0.2, 0.25) is 0 Å². The zero-order valence-electron chi connectivity index (χ0n) is 26.8. The highest BCUT2D eigenvalue weighted by Gasteiger charge is 2.31. The Morgan fingerprint density at radius 2 is 1.44 bits per heavy atom. The fourth-order valence-corrected chi connectivity index (χ4v) is 6.12. The first-order valence-electron chi connectivity index (χ1n) is 16.4. The van der Waals surface area contributed by atoms with E-state index in [0.717, 1.165) is 55.4 Å². The smallest absolute Gasteiger partial charge is 0.184 e. The van der Waals surface area contributed by atoms with Gasteiger partial charge >= 0.3 is 0 Å². The van der Waals surface area contributed by atoms with Crippen molar-refractivity contribution in [3.05, 3.63) is 47.0 Å². The molecule has 5 nitrogen and oxygen atoms in total. The van der Waals surface area contributed by atoms with E-state index < -0.39 is 0 Å². The summed E-state index contributed by atoms with van der Waals surface area (Å²) in [6.07, 6.45) is 19.1. The Morgan fingerprint density at radius 3 is 2.10 bits per heavy atom. The van der Waals surface area contributed by atoms with Crippen LogP contribution < -0.4 is 19.5 Å². The van der Waals surface area contributed by atoms with Crippen molar-refractivity contribution in [2.24, 2.45) is 0 Å². The van der Waals surface area contributed by atoms with Gasteiger partial charge in [0.1, 0.15) is 12.3 Å². The number of rotatable bonds is 21. The molecule has 0 unspecified atom stereocenters. The number of nitrogens with one attached hydrogen (secondary N) is 1. The van der Waals surface area contributed by atoms with Gasteiger partial charge in [-0.2, -0.15) is 0 Å². The summed E-state index contributed by atoms with van der Waals surface area (Å²) < 4.78 is 20.0. The van der Waals surface area contributed by atoms with E-state index in [-0.39, 0.29) is 0 Å². The second kappa shape index (κ2) is 18.7. The Labute approximate surface area is 250 Å². The fourth-order valence-electron chi connectivity index (χ4n) is 6.12. The first-order chi connectivity index (χ1) is 20.2. The van der Waals surface area contributed by atoms with Gasteiger partial charge in [0, 0.05) is 24.9 Å². The predicted octanol–water partition coefficient (Wildman–Crippen LogP) is 9.18. The van der Waals surface area contributed by atoms with Crippen LogP contribution in [-0.4, -0.2) is 44.7 Å². The summed E-state index contributed by atoms with van der Waals surface area (Å²) >= 11 is 0. The maximum absolute atomic E-state index is 5.93. The van der Waals surface area contributed by atoms with Crippen molar-refractivity contribution in [2.45, 2.75) is 117 Å². The second-order valence-electron chi connectivity index (χ2n) is 11.5. The zero-order chi connectivity index (χ0) is 29.3. The Balaban J connectivity index is 1.86. The number of ether oxygens (including phenoxy) is 3. The molecule has 1 N–H and O–H groups in total. The van der Waals surface area contributed by atoms with E-state index in [1.807, 2.05) is 6.07 Å². The molecule has 0 aromatic heterocycles. The molecular formula is C36H57N2O3+. The monoisotopic (exact) mass is 565 g/mol. The molecule has 0 saturated heterocycles. The third-order valence-electron chi connectivity index (χ3n) is 8.46. The van der Waals surface area contributed by atoms with Crippen LogP contribution in [0.2, 0.25) is 0 Å². The zero-order valence-corrected chi connectivity index (χ0v) is 26.8. The van der Waals surface area contributed by atoms with E-state index in [4.69, 9.17) is 14.2 Å². The average molecular weight is 566 g/mol. The number of nitrogens with zero attached hydrogens (tertiary/aromatic N) is 1. The first kappa shape index (κ1) is 32.8. The molecule has 0 bridgehead atoms. The molecule has 2 aromatic rings. The van der Waals surface area contributed by atoms with Crippen molar-refractivity contribution in [1.29, 1.82) is 0 Å². The number of unbranched alkanes of at least 4 members (excludes halogenated alkanes) is 11. The standard InChI is InChI=1S/C36H57N2O3/c1-6-8-10-12-13-14-15-16-17-22-33-32-27-34(40-4)36(41-5)35(37-24-18-11-9-7-2)31(32)23-25-38(33)28-29-20-19-21-30(26-29)39-3/h19-21,26-27,37H,6-18,22-25,28H2,1-5H3/q+1. The van der Waals surface area contributed by atoms with Gasteiger partial charge in [0.05, 0.1) is 32.6 Å². The summed E-state index contributed by atoms with van der Waals surface area (Å²) in [7, 11) is 5.26. The molecule has 1 aliphatic rings. The number of methoxy groups -OCH3 is 3. The lowest BCUT2D eigenvalue weighted by Gasteiger charge is -2.25. The third-order valence-corrected chi connectivity index (χ3v) is 8.46. The predicted molar refractivity (Wildman–Crippen MR) is 174 cm³/mol. The van der Waals surface area contributed by atoms with Gasteiger partial charge in [0.15, 0.2) is 23.8 Å². The van der Waals surface area contributed by atoms with Crippen molar-refractivity contribution < 1.29 is 18.8 Å². The quantitative estimate of drug-likeness (QED) is 0.121. The highest BCUT2D eigenvalue weighted by Crippen LogP contribution is 2.42. The number of benzene rings is 2. The number of anilines is 1. The first-order valence-corrected chi connectivity index (χ1v) is 16.4. The minimum atomic E-state index is 0.815. The molecule has 1 aliphatic heterocycles. The molecule has 228 valence electrons. The minimum absolute atomic E-state index is 0.815. The van der Waals surface area contributed by atoms with Crippen LogP contribution in [0.5, 0.6) is 17.2 Å². The normalized spacial score (nSPS) is 12.8. The summed E-state index contributed by atoms with van der Waals surface area (Å²) in [5.41, 5.74) is 6.56. The van der Waals surface area contributed by atoms with Crippen molar-refractivity contribution >= 4 is 11.4 Å². The van der Waals surface area contributed by atoms with Crippen LogP contribution in [0, 0.1) is 0 Å². The number of hydrogen-bond acceptors (Lipinski definition) is 4. The minimum Gasteiger partial charge on any atom is -0.497 e. The molecular weight excluding hydrogens is 508 g/mol. The van der Waals surface area contributed by atoms with Crippen molar-refractivity contribution in [1.82, 2.24) is 0 Å². The van der Waals surface area contributed by atoms with Crippen LogP contribution in [0.15, 0.2) is 30.3 Å². The fraction of sp³-hybridized carbons (Fsp3) is 0.639. The van der Waals surface area contributed by atoms with Crippen LogP contribution in [-0.2, 0) is 13.0 Å². The molecule has 0 spiro atoms. The summed E-state index contributed by atoms with van der Waals surface area (Å²) in [5.74, 6) is 2.57. The van der Waals surface area contributed by atoms with E-state index in [0.29, 0.717) is 0 Å². The van der Waals surface area contributed by atoms with Crippen molar-refractivity contribution in [3.8, 4) is 17.2 Å². The molecule has 0 amide bonds. The van der Waals surface area contributed by atoms with E-state index in [9.17, 15) is 0 Å². The van der Waals surface area contributed by atoms with Crippen molar-refractivity contribution in [3.63, 3.8) is 0 Å². The molecule has 0 radical (unpaired) electrons. The van der Waals surface area contributed by atoms with Gasteiger partial charge in [-0.25, -0.2) is 4.58 Å². The Hall–Kier alpha value is -2.69. The topological polar surface area (TPSA) is 42.7 Å². The number of fused-ring (bicyclic) bond motifs is 1. The summed E-state index contributed by atoms with van der Waals surface area (Å²) in [6, 6.07) is 10.7. The van der Waals surface area contributed by atoms with Crippen LogP contribution in [0.4, 0.5) is 5.69 Å². The van der Waals surface area contributed by atoms with E-state index >= 15 is 0 Å². The third kappa shape index (κ3) is 9.97. The summed E-state index contributed by atoms with van der Waals surface area (Å²) in [4.78, 5) is 0. The second-order valence-corrected chi connectivity index (χ2v) is 11.5. The molecule has 41 heavy (non-hydrogen) atoms. The van der Waals surface area contributed by atoms with Gasteiger partial charge in [-0.3, -0.25) is 0 Å². The largest absolute Gasteiger partial charge is 0.497 e. The lowest BCUT2D eigenvalue weighted by Crippen LogP contribution is -2.31. The van der Waals surface area contributed by atoms with Gasteiger partial charge in [-0.15, -0.1) is 0 Å². The van der Waals surface area contributed by atoms with Crippen LogP contribution in [0.3, 0.4) is 0 Å². The van der Waals surface area contributed by atoms with Gasteiger partial charge in [-0.05, 0) is 36.6 Å². The Kier molecular flexibility index (Phi) is 15.0. The highest BCUT2D eigenvalue weighted by atomic mass is 16.5. The lowest BCUT2D eigenvalue weighted by atomic mass is 9.90. The van der Waals surface area contributed by atoms with Gasteiger partial charge < -0.3 is 19.5 Å². The summed E-state index contributed by atoms with van der Waals surface area (Å²) in [5, 5.41) is 3.78. The maximum Gasteiger partial charge on any atom is 0.184 e. The molecule has 0 saturated carbocycles. The highest BCUT2D eigenvalue weighted by molar-refractivity contribution is 6.01. The molecule has 0 fully saturated rings. The van der Waals surface area contributed by atoms with Crippen LogP contribution >= 0.6 is 0 Å². The SMILES string of the molecule is CCCCCCCCCCCC1=[N+](Cc2cccc(OC)c2)CCc2c1cc(OC)c(OC)c2NCCCCCC. The molecule has 1 heterocycles. The van der Waals surface area contributed by atoms with Crippen molar-refractivity contribution in [2.75, 3.05) is 39.7 Å². The van der Waals surface area contributed by atoms with Gasteiger partial charge in [-0.1, -0.05) is 96.6 Å². The average Bonchev–Trinajstić information content (AvgIpc) is 3.00. The molecule has 0 aliphatic carbocycles. The van der Waals surface area contributed by atoms with E-state index in [2.05, 4.69) is 48.0 Å². The Bertz CT molecular complexity index is 1080. The molecule has 3 rings (SSSR count). The molecule has 0 atom stereocenters. The Morgan fingerprint density at radius 1 is 0.756 bits per heavy atom.